The highest BCUT2D eigenvalue weighted by molar-refractivity contribution is 7.99. The van der Waals surface area contributed by atoms with Gasteiger partial charge in [-0.15, -0.1) is 21.5 Å². The Labute approximate surface area is 169 Å². The molecule has 0 spiro atoms. The maximum absolute atomic E-state index is 10.5. The van der Waals surface area contributed by atoms with E-state index in [2.05, 4.69) is 32.7 Å². The van der Waals surface area contributed by atoms with E-state index in [1.54, 1.807) is 12.1 Å². The number of benzene rings is 1. The van der Waals surface area contributed by atoms with Gasteiger partial charge < -0.3 is 9.67 Å². The van der Waals surface area contributed by atoms with Crippen molar-refractivity contribution in [2.24, 2.45) is 0 Å². The van der Waals surface area contributed by atoms with Crippen LogP contribution in [0.3, 0.4) is 0 Å². The van der Waals surface area contributed by atoms with Crippen molar-refractivity contribution in [1.82, 2.24) is 19.7 Å². The van der Waals surface area contributed by atoms with Crippen molar-refractivity contribution in [2.45, 2.75) is 37.4 Å². The van der Waals surface area contributed by atoms with Crippen LogP contribution in [0.15, 0.2) is 29.1 Å². The fraction of sp³-hybridized carbons (Fsp3) is 0.333. The number of nitriles is 1. The first-order valence-electron chi connectivity index (χ1n) is 8.55. The molecule has 1 aromatic carbocycles. The van der Waals surface area contributed by atoms with Gasteiger partial charge in [-0.25, -0.2) is 4.98 Å². The lowest BCUT2D eigenvalue weighted by Gasteiger charge is -2.06. The van der Waals surface area contributed by atoms with E-state index in [0.717, 1.165) is 40.6 Å². The highest BCUT2D eigenvalue weighted by Gasteiger charge is 2.30. The molecule has 1 aliphatic rings. The van der Waals surface area contributed by atoms with Crippen molar-refractivity contribution >= 4 is 50.5 Å². The van der Waals surface area contributed by atoms with E-state index in [1.165, 1.54) is 23.1 Å². The molecule has 6 nitrogen and oxygen atoms in total. The Morgan fingerprint density at radius 2 is 2.26 bits per heavy atom. The molecule has 0 atom stereocenters. The number of halogens is 1. The molecule has 2 aromatic heterocycles. The number of nitrogens with zero attached hydrogens (tertiary/aromatic N) is 5. The number of aliphatic hydroxyl groups excluding tert-OH is 1. The molecule has 0 unspecified atom stereocenters. The minimum absolute atomic E-state index is 0.00808. The third-order valence-electron chi connectivity index (χ3n) is 4.31. The van der Waals surface area contributed by atoms with Crippen molar-refractivity contribution in [3.8, 4) is 6.07 Å². The van der Waals surface area contributed by atoms with Crippen LogP contribution in [0.2, 0.25) is 5.02 Å². The Balaban J connectivity index is 1.58. The molecule has 0 amide bonds. The van der Waals surface area contributed by atoms with E-state index in [4.69, 9.17) is 11.6 Å². The van der Waals surface area contributed by atoms with Gasteiger partial charge in [0.1, 0.15) is 28.2 Å². The molecule has 0 aliphatic heterocycles. The summed E-state index contributed by atoms with van der Waals surface area (Å²) in [5.74, 6) is 1.76. The average molecular weight is 418 g/mol. The monoisotopic (exact) mass is 417 g/mol. The Morgan fingerprint density at radius 1 is 1.44 bits per heavy atom. The zero-order valence-corrected chi connectivity index (χ0v) is 16.9. The fourth-order valence-electron chi connectivity index (χ4n) is 2.80. The highest BCUT2D eigenvalue weighted by Crippen LogP contribution is 2.40. The summed E-state index contributed by atoms with van der Waals surface area (Å²) in [6, 6.07) is 7.48. The topological polar surface area (TPSA) is 87.6 Å². The smallest absolute Gasteiger partial charge is 0.191 e. The molecule has 0 bridgehead atoms. The van der Waals surface area contributed by atoms with Crippen LogP contribution in [0.1, 0.15) is 36.5 Å². The Bertz CT molecular complexity index is 1080. The van der Waals surface area contributed by atoms with Crippen LogP contribution in [-0.2, 0) is 6.54 Å². The molecular weight excluding hydrogens is 402 g/mol. The third-order valence-corrected chi connectivity index (χ3v) is 6.57. The fourth-order valence-corrected chi connectivity index (χ4v) is 4.81. The van der Waals surface area contributed by atoms with Crippen molar-refractivity contribution in [3.05, 3.63) is 39.8 Å². The molecule has 27 heavy (non-hydrogen) atoms. The van der Waals surface area contributed by atoms with Crippen molar-refractivity contribution in [2.75, 3.05) is 5.75 Å². The van der Waals surface area contributed by atoms with Gasteiger partial charge in [0.05, 0.1) is 16.0 Å². The van der Waals surface area contributed by atoms with E-state index < -0.39 is 0 Å². The zero-order valence-electron chi connectivity index (χ0n) is 14.5. The van der Waals surface area contributed by atoms with Crippen LogP contribution in [0.5, 0.6) is 0 Å². The number of aliphatic hydroxyl groups is 1. The minimum atomic E-state index is -0.00808. The lowest BCUT2D eigenvalue weighted by molar-refractivity contribution is 0.420. The molecule has 0 saturated heterocycles. The largest absolute Gasteiger partial charge is 0.510 e. The number of hydrogen-bond acceptors (Lipinski definition) is 7. The van der Waals surface area contributed by atoms with Crippen LogP contribution in [-0.4, -0.2) is 30.6 Å². The molecule has 9 heteroatoms. The number of thiazole rings is 1. The van der Waals surface area contributed by atoms with Gasteiger partial charge in [-0.2, -0.15) is 5.26 Å². The molecular formula is C18H16ClN5OS2. The predicted molar refractivity (Wildman–Crippen MR) is 108 cm³/mol. The number of aromatic nitrogens is 4. The van der Waals surface area contributed by atoms with E-state index in [-0.39, 0.29) is 17.1 Å². The van der Waals surface area contributed by atoms with E-state index in [0.29, 0.717) is 15.9 Å². The number of allylic oxidation sites excluding steroid dienone is 1. The molecule has 1 fully saturated rings. The van der Waals surface area contributed by atoms with Gasteiger partial charge in [0, 0.05) is 17.5 Å². The third kappa shape index (κ3) is 3.68. The van der Waals surface area contributed by atoms with Gasteiger partial charge in [0.2, 0.25) is 0 Å². The summed E-state index contributed by atoms with van der Waals surface area (Å²) in [6.07, 6.45) is 2.32. The van der Waals surface area contributed by atoms with Crippen LogP contribution in [0.4, 0.5) is 0 Å². The van der Waals surface area contributed by atoms with Gasteiger partial charge in [-0.3, -0.25) is 0 Å². The summed E-state index contributed by atoms with van der Waals surface area (Å²) < 4.78 is 3.00. The van der Waals surface area contributed by atoms with Gasteiger partial charge in [0.25, 0.3) is 0 Å². The quantitative estimate of drug-likeness (QED) is 0.344. The Hall–Kier alpha value is -2.08. The zero-order chi connectivity index (χ0) is 19.0. The van der Waals surface area contributed by atoms with E-state index >= 15 is 0 Å². The molecule has 2 heterocycles. The van der Waals surface area contributed by atoms with Crippen molar-refractivity contribution < 1.29 is 5.11 Å². The van der Waals surface area contributed by atoms with Gasteiger partial charge in [-0.1, -0.05) is 23.4 Å². The lowest BCUT2D eigenvalue weighted by atomic mass is 10.2. The number of rotatable bonds is 6. The van der Waals surface area contributed by atoms with Gasteiger partial charge in [-0.05, 0) is 38.0 Å². The number of hydrogen-bond donors (Lipinski definition) is 1. The summed E-state index contributed by atoms with van der Waals surface area (Å²) in [7, 11) is 0. The molecule has 1 saturated carbocycles. The Morgan fingerprint density at radius 3 is 2.96 bits per heavy atom. The molecule has 3 aromatic rings. The van der Waals surface area contributed by atoms with Crippen molar-refractivity contribution in [3.63, 3.8) is 0 Å². The first-order valence-corrected chi connectivity index (χ1v) is 10.7. The number of fused-ring (bicyclic) bond motifs is 1. The maximum atomic E-state index is 10.5. The summed E-state index contributed by atoms with van der Waals surface area (Å²) in [6.45, 7) is 2.84. The molecule has 0 radical (unpaired) electrons. The van der Waals surface area contributed by atoms with Crippen LogP contribution < -0.4 is 0 Å². The van der Waals surface area contributed by atoms with E-state index in [9.17, 15) is 10.4 Å². The summed E-state index contributed by atoms with van der Waals surface area (Å²) in [5.41, 5.74) is 0.903. The molecule has 138 valence electrons. The van der Waals surface area contributed by atoms with Crippen LogP contribution in [0, 0.1) is 11.3 Å². The highest BCUT2D eigenvalue weighted by atomic mass is 35.5. The summed E-state index contributed by atoms with van der Waals surface area (Å²) in [4.78, 5) is 4.44. The SMILES string of the molecule is CCn1c(SC/C(O)=C(\C#N)c2nc3cc(Cl)ccc3s2)nnc1C1CC1. The summed E-state index contributed by atoms with van der Waals surface area (Å²) >= 11 is 8.74. The van der Waals surface area contributed by atoms with E-state index in [1.807, 2.05) is 6.07 Å². The Kier molecular flexibility index (Phi) is 5.08. The predicted octanol–water partition coefficient (Wildman–Crippen LogP) is 5.02. The molecule has 1 aliphatic carbocycles. The van der Waals surface area contributed by atoms with Crippen LogP contribution >= 0.6 is 34.7 Å². The molecule has 4 rings (SSSR count). The second-order valence-corrected chi connectivity index (χ2v) is 8.62. The van der Waals surface area contributed by atoms with Gasteiger partial charge >= 0.3 is 0 Å². The lowest BCUT2D eigenvalue weighted by Crippen LogP contribution is -2.02. The molecule has 1 N–H and O–H groups in total. The second kappa shape index (κ2) is 7.50. The van der Waals surface area contributed by atoms with Gasteiger partial charge in [0.15, 0.2) is 5.16 Å². The maximum Gasteiger partial charge on any atom is 0.191 e. The number of thioether (sulfide) groups is 1. The summed E-state index contributed by atoms with van der Waals surface area (Å²) in [5, 5.41) is 30.4. The normalized spacial score (nSPS) is 15.0. The van der Waals surface area contributed by atoms with Crippen LogP contribution in [0.25, 0.3) is 15.8 Å². The second-order valence-electron chi connectivity index (χ2n) is 6.21. The first-order chi connectivity index (χ1) is 13.1. The standard InChI is InChI=1S/C18H16ClN5OS2/c1-2-24-16(10-3-4-10)22-23-18(24)26-9-14(25)12(8-20)17-21-13-7-11(19)5-6-15(13)27-17/h5-7,10,25H,2-4,9H2,1H3/b14-12-. The average Bonchev–Trinajstić information content (AvgIpc) is 3.29. The first kappa shape index (κ1) is 18.3. The van der Waals surface area contributed by atoms with Crippen molar-refractivity contribution in [1.29, 1.82) is 5.26 Å². The minimum Gasteiger partial charge on any atom is -0.510 e.